The Balaban J connectivity index is 1.12. The number of anilines is 2. The van der Waals surface area contributed by atoms with Crippen molar-refractivity contribution in [3.05, 3.63) is 115 Å². The van der Waals surface area contributed by atoms with Gasteiger partial charge >= 0.3 is 0 Å². The molecule has 6 aromatic rings. The molecule has 43 heavy (non-hydrogen) atoms. The Bertz CT molecular complexity index is 1870. The average Bonchev–Trinajstić information content (AvgIpc) is 3.66. The van der Waals surface area contributed by atoms with Crippen molar-refractivity contribution < 1.29 is 14.3 Å². The van der Waals surface area contributed by atoms with Gasteiger partial charge in [0.1, 0.15) is 5.75 Å². The lowest BCUT2D eigenvalue weighted by molar-refractivity contribution is -0.113. The standard InChI is InChI=1S/C33H28N6O3S/c1-2-42-26-18-16-24(17-19-26)36-32(41)22-12-14-23(15-13-22)35-30(40)21-43-33-38-37-31(39(33)25-8-4-3-5-9-25)28-20-34-29-11-7-6-10-27(28)29/h3-20,34H,2,21H2,1H3,(H,35,40)(H,36,41). The van der Waals surface area contributed by atoms with Crippen molar-refractivity contribution in [1.29, 1.82) is 0 Å². The van der Waals surface area contributed by atoms with Gasteiger partial charge in [-0.05, 0) is 73.7 Å². The highest BCUT2D eigenvalue weighted by Crippen LogP contribution is 2.32. The number of nitrogens with one attached hydrogen (secondary N) is 3. The number of thioether (sulfide) groups is 1. The number of para-hydroxylation sites is 2. The maximum atomic E-state index is 12.9. The van der Waals surface area contributed by atoms with E-state index < -0.39 is 0 Å². The van der Waals surface area contributed by atoms with Crippen LogP contribution in [0.5, 0.6) is 5.75 Å². The number of nitrogens with zero attached hydrogens (tertiary/aromatic N) is 3. The van der Waals surface area contributed by atoms with Crippen molar-refractivity contribution in [3.8, 4) is 22.8 Å². The van der Waals surface area contributed by atoms with E-state index in [0.717, 1.165) is 27.9 Å². The van der Waals surface area contributed by atoms with Gasteiger partial charge in [-0.2, -0.15) is 0 Å². The van der Waals surface area contributed by atoms with E-state index in [-0.39, 0.29) is 17.6 Å². The molecule has 0 aliphatic carbocycles. The summed E-state index contributed by atoms with van der Waals surface area (Å²) in [7, 11) is 0. The Morgan fingerprint density at radius 1 is 0.837 bits per heavy atom. The fourth-order valence-corrected chi connectivity index (χ4v) is 5.39. The Hall–Kier alpha value is -5.35. The van der Waals surface area contributed by atoms with Crippen molar-refractivity contribution in [1.82, 2.24) is 19.7 Å². The number of hydrogen-bond donors (Lipinski definition) is 3. The third-order valence-electron chi connectivity index (χ3n) is 6.66. The van der Waals surface area contributed by atoms with Crippen LogP contribution in [0.3, 0.4) is 0 Å². The first-order chi connectivity index (χ1) is 21.1. The molecule has 0 aliphatic rings. The lowest BCUT2D eigenvalue weighted by Crippen LogP contribution is -2.15. The lowest BCUT2D eigenvalue weighted by Gasteiger charge is -2.10. The number of amides is 2. The first-order valence-corrected chi connectivity index (χ1v) is 14.7. The lowest BCUT2D eigenvalue weighted by atomic mass is 10.1. The largest absolute Gasteiger partial charge is 0.494 e. The molecule has 9 nitrogen and oxygen atoms in total. The molecular formula is C33H28N6O3S. The zero-order valence-electron chi connectivity index (χ0n) is 23.3. The first kappa shape index (κ1) is 27.8. The molecule has 10 heteroatoms. The van der Waals surface area contributed by atoms with E-state index in [4.69, 9.17) is 4.74 Å². The summed E-state index contributed by atoms with van der Waals surface area (Å²) < 4.78 is 7.40. The van der Waals surface area contributed by atoms with Crippen LogP contribution in [-0.2, 0) is 4.79 Å². The van der Waals surface area contributed by atoms with E-state index in [0.29, 0.717) is 34.5 Å². The molecule has 3 N–H and O–H groups in total. The van der Waals surface area contributed by atoms with Gasteiger partial charge in [-0.15, -0.1) is 10.2 Å². The van der Waals surface area contributed by atoms with Crippen molar-refractivity contribution in [2.75, 3.05) is 23.0 Å². The Labute approximate surface area is 252 Å². The number of H-pyrrole nitrogens is 1. The molecule has 0 atom stereocenters. The van der Waals surface area contributed by atoms with Gasteiger partial charge < -0.3 is 20.4 Å². The smallest absolute Gasteiger partial charge is 0.255 e. The second-order valence-corrected chi connectivity index (χ2v) is 10.5. The number of carbonyl (C=O) groups excluding carboxylic acids is 2. The van der Waals surface area contributed by atoms with E-state index in [2.05, 4.69) is 25.8 Å². The van der Waals surface area contributed by atoms with Crippen LogP contribution in [0, 0.1) is 0 Å². The van der Waals surface area contributed by atoms with E-state index in [9.17, 15) is 9.59 Å². The summed E-state index contributed by atoms with van der Waals surface area (Å²) in [5.41, 5.74) is 4.56. The second-order valence-electron chi connectivity index (χ2n) is 9.55. The Morgan fingerprint density at radius 2 is 1.53 bits per heavy atom. The third-order valence-corrected chi connectivity index (χ3v) is 7.59. The molecule has 0 aliphatic heterocycles. The second kappa shape index (κ2) is 12.7. The van der Waals surface area contributed by atoms with Gasteiger partial charge in [0, 0.05) is 45.3 Å². The van der Waals surface area contributed by atoms with Crippen LogP contribution in [0.15, 0.2) is 114 Å². The molecule has 0 unspecified atom stereocenters. The van der Waals surface area contributed by atoms with Gasteiger partial charge in [0.2, 0.25) is 5.91 Å². The first-order valence-electron chi connectivity index (χ1n) is 13.7. The molecule has 0 radical (unpaired) electrons. The number of hydrogen-bond acceptors (Lipinski definition) is 6. The van der Waals surface area contributed by atoms with Crippen LogP contribution in [0.1, 0.15) is 17.3 Å². The summed E-state index contributed by atoms with van der Waals surface area (Å²) in [4.78, 5) is 28.9. The molecule has 214 valence electrons. The molecule has 0 bridgehead atoms. The molecule has 4 aromatic carbocycles. The summed E-state index contributed by atoms with van der Waals surface area (Å²) in [5.74, 6) is 1.11. The van der Waals surface area contributed by atoms with E-state index >= 15 is 0 Å². The van der Waals surface area contributed by atoms with Gasteiger partial charge in [-0.25, -0.2) is 0 Å². The quantitative estimate of drug-likeness (QED) is 0.152. The monoisotopic (exact) mass is 588 g/mol. The highest BCUT2D eigenvalue weighted by molar-refractivity contribution is 7.99. The highest BCUT2D eigenvalue weighted by atomic mass is 32.2. The molecule has 0 saturated carbocycles. The predicted octanol–water partition coefficient (Wildman–Crippen LogP) is 6.80. The van der Waals surface area contributed by atoms with Crippen LogP contribution in [0.25, 0.3) is 28.0 Å². The van der Waals surface area contributed by atoms with E-state index in [1.165, 1.54) is 11.8 Å². The van der Waals surface area contributed by atoms with Crippen LogP contribution in [0.2, 0.25) is 0 Å². The van der Waals surface area contributed by atoms with Gasteiger partial charge in [-0.3, -0.25) is 14.2 Å². The molecule has 0 spiro atoms. The maximum absolute atomic E-state index is 12.9. The Kier molecular flexibility index (Phi) is 8.19. The van der Waals surface area contributed by atoms with Crippen molar-refractivity contribution in [2.24, 2.45) is 0 Å². The SMILES string of the molecule is CCOc1ccc(NC(=O)c2ccc(NC(=O)CSc3nnc(-c4c[nH]c5ccccc45)n3-c3ccccc3)cc2)cc1. The van der Waals surface area contributed by atoms with Crippen LogP contribution >= 0.6 is 11.8 Å². The summed E-state index contributed by atoms with van der Waals surface area (Å²) in [6.07, 6.45) is 1.93. The summed E-state index contributed by atoms with van der Waals surface area (Å²) in [6, 6.07) is 31.8. The molecule has 2 heterocycles. The minimum atomic E-state index is -0.246. The van der Waals surface area contributed by atoms with Crippen LogP contribution < -0.4 is 15.4 Å². The normalized spacial score (nSPS) is 10.9. The van der Waals surface area contributed by atoms with Gasteiger partial charge in [0.05, 0.1) is 12.4 Å². The molecule has 6 rings (SSSR count). The number of aromatic amines is 1. The molecule has 2 amide bonds. The summed E-state index contributed by atoms with van der Waals surface area (Å²) in [6.45, 7) is 2.50. The minimum Gasteiger partial charge on any atom is -0.494 e. The van der Waals surface area contributed by atoms with Gasteiger partial charge in [0.25, 0.3) is 5.91 Å². The van der Waals surface area contributed by atoms with Crippen LogP contribution in [-0.4, -0.2) is 43.9 Å². The Morgan fingerprint density at radius 3 is 2.30 bits per heavy atom. The van der Waals surface area contributed by atoms with E-state index in [1.54, 1.807) is 48.5 Å². The molecule has 0 saturated heterocycles. The fraction of sp³-hybridized carbons (Fsp3) is 0.0909. The molecule has 2 aromatic heterocycles. The van der Waals surface area contributed by atoms with Gasteiger partial charge in [-0.1, -0.05) is 48.2 Å². The number of benzene rings is 4. The van der Waals surface area contributed by atoms with E-state index in [1.807, 2.05) is 72.3 Å². The third kappa shape index (κ3) is 6.29. The molecular weight excluding hydrogens is 560 g/mol. The zero-order chi connectivity index (χ0) is 29.6. The van der Waals surface area contributed by atoms with Crippen LogP contribution in [0.4, 0.5) is 11.4 Å². The van der Waals surface area contributed by atoms with Gasteiger partial charge in [0.15, 0.2) is 11.0 Å². The van der Waals surface area contributed by atoms with Crippen molar-refractivity contribution in [3.63, 3.8) is 0 Å². The number of carbonyl (C=O) groups is 2. The number of rotatable bonds is 10. The average molecular weight is 589 g/mol. The summed E-state index contributed by atoms with van der Waals surface area (Å²) >= 11 is 1.30. The summed E-state index contributed by atoms with van der Waals surface area (Å²) in [5, 5.41) is 16.4. The number of ether oxygens (including phenoxy) is 1. The van der Waals surface area contributed by atoms with Crippen molar-refractivity contribution >= 4 is 45.9 Å². The fourth-order valence-electron chi connectivity index (χ4n) is 4.64. The highest BCUT2D eigenvalue weighted by Gasteiger charge is 2.20. The maximum Gasteiger partial charge on any atom is 0.255 e. The number of fused-ring (bicyclic) bond motifs is 1. The molecule has 0 fully saturated rings. The zero-order valence-corrected chi connectivity index (χ0v) is 24.1. The topological polar surface area (TPSA) is 114 Å². The predicted molar refractivity (Wildman–Crippen MR) is 170 cm³/mol. The minimum absolute atomic E-state index is 0.124. The van der Waals surface area contributed by atoms with Crippen molar-refractivity contribution in [2.45, 2.75) is 12.1 Å². The number of aromatic nitrogens is 4.